The molecule has 1 fully saturated rings. The number of pyridine rings is 1. The molecule has 1 amide bonds. The van der Waals surface area contributed by atoms with Crippen molar-refractivity contribution in [3.8, 4) is 17.0 Å². The highest BCUT2D eigenvalue weighted by Gasteiger charge is 2.30. The Labute approximate surface area is 233 Å². The van der Waals surface area contributed by atoms with Gasteiger partial charge in [0, 0.05) is 36.0 Å². The quantitative estimate of drug-likeness (QED) is 0.272. The van der Waals surface area contributed by atoms with Crippen LogP contribution >= 0.6 is 0 Å². The topological polar surface area (TPSA) is 107 Å². The molecule has 6 rings (SSSR count). The zero-order chi connectivity index (χ0) is 27.3. The van der Waals surface area contributed by atoms with Crippen LogP contribution in [0.3, 0.4) is 0 Å². The molecule has 0 aliphatic heterocycles. The molecule has 1 aliphatic carbocycles. The molecular formula is C32H32N6O2. The predicted molar refractivity (Wildman–Crippen MR) is 154 cm³/mol. The van der Waals surface area contributed by atoms with Gasteiger partial charge >= 0.3 is 0 Å². The van der Waals surface area contributed by atoms with Crippen LogP contribution in [0.15, 0.2) is 91.4 Å². The minimum absolute atomic E-state index is 0.00385. The fourth-order valence-electron chi connectivity index (χ4n) is 5.49. The fourth-order valence-corrected chi connectivity index (χ4v) is 5.49. The van der Waals surface area contributed by atoms with E-state index in [2.05, 4.69) is 19.7 Å². The lowest BCUT2D eigenvalue weighted by Gasteiger charge is -2.27. The molecule has 0 radical (unpaired) electrons. The van der Waals surface area contributed by atoms with Crippen LogP contribution in [0, 0.1) is 5.92 Å². The molecule has 0 spiro atoms. The van der Waals surface area contributed by atoms with Gasteiger partial charge in [-0.1, -0.05) is 48.5 Å². The van der Waals surface area contributed by atoms with E-state index in [1.807, 2.05) is 79.0 Å². The fraction of sp³-hybridized carbons (Fsp3) is 0.250. The molecule has 3 heterocycles. The molecule has 5 aromatic rings. The van der Waals surface area contributed by atoms with Crippen molar-refractivity contribution in [1.82, 2.24) is 24.7 Å². The molecule has 3 N–H and O–H groups in total. The highest BCUT2D eigenvalue weighted by atomic mass is 16.5. The summed E-state index contributed by atoms with van der Waals surface area (Å²) in [6, 6.07) is 23.8. The summed E-state index contributed by atoms with van der Waals surface area (Å²) in [4.78, 5) is 26.6. The summed E-state index contributed by atoms with van der Waals surface area (Å²) in [5.74, 6) is 2.48. The van der Waals surface area contributed by atoms with Crippen molar-refractivity contribution in [2.75, 3.05) is 5.73 Å². The van der Waals surface area contributed by atoms with Gasteiger partial charge in [0.05, 0.1) is 12.2 Å². The highest BCUT2D eigenvalue weighted by Crippen LogP contribution is 2.39. The van der Waals surface area contributed by atoms with Crippen LogP contribution < -0.4 is 15.8 Å². The molecule has 1 saturated carbocycles. The Morgan fingerprint density at radius 1 is 0.950 bits per heavy atom. The Kier molecular flexibility index (Phi) is 7.39. The summed E-state index contributed by atoms with van der Waals surface area (Å²) in [5, 5.41) is 3.05. The van der Waals surface area contributed by atoms with Gasteiger partial charge in [0.25, 0.3) is 0 Å². The molecule has 40 heavy (non-hydrogen) atoms. The molecule has 2 aromatic carbocycles. The maximum Gasteiger partial charge on any atom is 0.223 e. The maximum absolute atomic E-state index is 12.8. The third-order valence-corrected chi connectivity index (χ3v) is 7.60. The molecule has 0 unspecified atom stereocenters. The molecule has 0 atom stereocenters. The summed E-state index contributed by atoms with van der Waals surface area (Å²) in [6.45, 7) is 0.941. The Morgan fingerprint density at radius 2 is 1.77 bits per heavy atom. The number of amides is 1. The monoisotopic (exact) mass is 532 g/mol. The van der Waals surface area contributed by atoms with E-state index in [9.17, 15) is 4.79 Å². The van der Waals surface area contributed by atoms with E-state index >= 15 is 0 Å². The van der Waals surface area contributed by atoms with Crippen LogP contribution in [0.1, 0.15) is 48.7 Å². The number of hydrogen-bond acceptors (Lipinski definition) is 6. The Bertz CT molecular complexity index is 1590. The number of anilines is 1. The number of rotatable bonds is 8. The normalized spacial score (nSPS) is 17.0. The van der Waals surface area contributed by atoms with E-state index in [-0.39, 0.29) is 17.7 Å². The van der Waals surface area contributed by atoms with E-state index in [1.165, 1.54) is 0 Å². The van der Waals surface area contributed by atoms with Crippen molar-refractivity contribution >= 4 is 17.2 Å². The number of aromatic nitrogens is 4. The van der Waals surface area contributed by atoms with Crippen LogP contribution in [0.5, 0.6) is 5.75 Å². The van der Waals surface area contributed by atoms with Crippen molar-refractivity contribution in [3.05, 3.63) is 108 Å². The Morgan fingerprint density at radius 3 is 2.58 bits per heavy atom. The SMILES string of the molecule is Nc1nccn2c(C3CCC(C(=O)NCc4ccccn4)CC3)nc(-c3cccc(OCc4ccccc4)c3)c12. The number of hydrogen-bond donors (Lipinski definition) is 2. The number of ether oxygens (including phenoxy) is 1. The van der Waals surface area contributed by atoms with E-state index in [0.29, 0.717) is 19.0 Å². The summed E-state index contributed by atoms with van der Waals surface area (Å²) >= 11 is 0. The molecule has 3 aromatic heterocycles. The van der Waals surface area contributed by atoms with Crippen LogP contribution in [0.25, 0.3) is 16.8 Å². The second kappa shape index (κ2) is 11.6. The van der Waals surface area contributed by atoms with Gasteiger partial charge in [-0.05, 0) is 55.5 Å². The molecule has 8 heteroatoms. The number of nitrogens with two attached hydrogens (primary N) is 1. The number of carbonyl (C=O) groups excluding carboxylic acids is 1. The second-order valence-corrected chi connectivity index (χ2v) is 10.2. The van der Waals surface area contributed by atoms with E-state index in [0.717, 1.165) is 65.3 Å². The summed E-state index contributed by atoms with van der Waals surface area (Å²) in [7, 11) is 0. The van der Waals surface area contributed by atoms with Gasteiger partial charge in [0.2, 0.25) is 5.91 Å². The van der Waals surface area contributed by atoms with Gasteiger partial charge in [-0.3, -0.25) is 14.2 Å². The number of benzene rings is 2. The van der Waals surface area contributed by atoms with Crippen molar-refractivity contribution in [1.29, 1.82) is 0 Å². The third-order valence-electron chi connectivity index (χ3n) is 7.60. The minimum Gasteiger partial charge on any atom is -0.489 e. The third kappa shape index (κ3) is 5.52. The molecule has 0 saturated heterocycles. The van der Waals surface area contributed by atoms with Crippen molar-refractivity contribution in [3.63, 3.8) is 0 Å². The van der Waals surface area contributed by atoms with Gasteiger partial charge in [-0.15, -0.1) is 0 Å². The second-order valence-electron chi connectivity index (χ2n) is 10.2. The lowest BCUT2D eigenvalue weighted by molar-refractivity contribution is -0.126. The first-order chi connectivity index (χ1) is 19.7. The number of nitrogens with one attached hydrogen (secondary N) is 1. The largest absolute Gasteiger partial charge is 0.489 e. The number of nitrogens with zero attached hydrogens (tertiary/aromatic N) is 4. The van der Waals surface area contributed by atoms with Crippen LogP contribution in [0.2, 0.25) is 0 Å². The van der Waals surface area contributed by atoms with Crippen LogP contribution in [-0.4, -0.2) is 25.3 Å². The summed E-state index contributed by atoms with van der Waals surface area (Å²) < 4.78 is 8.15. The Balaban J connectivity index is 1.19. The van der Waals surface area contributed by atoms with Gasteiger partial charge in [0.15, 0.2) is 0 Å². The van der Waals surface area contributed by atoms with Gasteiger partial charge < -0.3 is 15.8 Å². The van der Waals surface area contributed by atoms with E-state index in [4.69, 9.17) is 15.5 Å². The lowest BCUT2D eigenvalue weighted by atomic mass is 9.81. The standard InChI is InChI=1S/C32H32N6O2/c33-30-29-28(25-9-6-11-27(19-25)40-21-22-7-2-1-3-8-22)37-31(38(29)18-17-35-30)23-12-14-24(15-13-23)32(39)36-20-26-10-4-5-16-34-26/h1-11,16-19,23-24H,12-15,20-21H2,(H2,33,35)(H,36,39). The Hall–Kier alpha value is -4.72. The summed E-state index contributed by atoms with van der Waals surface area (Å²) in [6.07, 6.45) is 8.77. The first-order valence-corrected chi connectivity index (χ1v) is 13.7. The minimum atomic E-state index is -0.00385. The number of fused-ring (bicyclic) bond motifs is 1. The van der Waals surface area contributed by atoms with Gasteiger partial charge in [-0.2, -0.15) is 0 Å². The van der Waals surface area contributed by atoms with Gasteiger partial charge in [-0.25, -0.2) is 9.97 Å². The number of carbonyl (C=O) groups is 1. The molecular weight excluding hydrogens is 500 g/mol. The first kappa shape index (κ1) is 25.6. The number of imidazole rings is 1. The van der Waals surface area contributed by atoms with Crippen LogP contribution in [0.4, 0.5) is 5.82 Å². The molecule has 8 nitrogen and oxygen atoms in total. The summed E-state index contributed by atoms with van der Waals surface area (Å²) in [5.41, 5.74) is 10.9. The lowest BCUT2D eigenvalue weighted by Crippen LogP contribution is -2.33. The van der Waals surface area contributed by atoms with E-state index < -0.39 is 0 Å². The number of nitrogen functional groups attached to an aromatic ring is 1. The smallest absolute Gasteiger partial charge is 0.223 e. The zero-order valence-electron chi connectivity index (χ0n) is 22.2. The highest BCUT2D eigenvalue weighted by molar-refractivity contribution is 5.85. The average molecular weight is 533 g/mol. The van der Waals surface area contributed by atoms with E-state index in [1.54, 1.807) is 12.4 Å². The van der Waals surface area contributed by atoms with Crippen molar-refractivity contribution in [2.45, 2.75) is 44.8 Å². The zero-order valence-corrected chi connectivity index (χ0v) is 22.2. The van der Waals surface area contributed by atoms with Crippen LogP contribution in [-0.2, 0) is 17.9 Å². The van der Waals surface area contributed by atoms with Crippen molar-refractivity contribution in [2.24, 2.45) is 5.92 Å². The first-order valence-electron chi connectivity index (χ1n) is 13.7. The molecule has 0 bridgehead atoms. The predicted octanol–water partition coefficient (Wildman–Crippen LogP) is 5.54. The van der Waals surface area contributed by atoms with Crippen molar-refractivity contribution < 1.29 is 9.53 Å². The molecule has 1 aliphatic rings. The maximum atomic E-state index is 12.8. The average Bonchev–Trinajstić information content (AvgIpc) is 3.41. The molecule has 202 valence electrons. The van der Waals surface area contributed by atoms with Gasteiger partial charge in [0.1, 0.15) is 35.2 Å².